The zero-order chi connectivity index (χ0) is 13.7. The molecule has 0 radical (unpaired) electrons. The topological polar surface area (TPSA) is 70.8 Å². The first-order chi connectivity index (χ1) is 9.18. The van der Waals surface area contributed by atoms with Crippen molar-refractivity contribution in [3.05, 3.63) is 33.9 Å². The van der Waals surface area contributed by atoms with Gasteiger partial charge in [0.1, 0.15) is 0 Å². The molecule has 1 aromatic rings. The summed E-state index contributed by atoms with van der Waals surface area (Å²) in [5, 5.41) is 11.0. The van der Waals surface area contributed by atoms with Crippen LogP contribution >= 0.6 is 0 Å². The Hall–Kier alpha value is -1.66. The average molecular weight is 267 g/mol. The molecule has 0 saturated carbocycles. The lowest BCUT2D eigenvalue weighted by molar-refractivity contribution is -0.386. The number of nitro benzene ring substituents is 1. The van der Waals surface area contributed by atoms with Gasteiger partial charge in [-0.15, -0.1) is 0 Å². The molecule has 6 nitrogen and oxygen atoms in total. The summed E-state index contributed by atoms with van der Waals surface area (Å²) in [5.41, 5.74) is 0.612. The summed E-state index contributed by atoms with van der Waals surface area (Å²) in [6, 6.07) is 5.04. The molecule has 0 amide bonds. The molecule has 0 aliphatic carbocycles. The van der Waals surface area contributed by atoms with Crippen molar-refractivity contribution >= 4 is 5.69 Å². The molecule has 0 unspecified atom stereocenters. The molecule has 1 aliphatic rings. The van der Waals surface area contributed by atoms with Crippen LogP contribution in [0.25, 0.3) is 0 Å². The van der Waals surface area contributed by atoms with Crippen molar-refractivity contribution in [1.29, 1.82) is 0 Å². The highest BCUT2D eigenvalue weighted by molar-refractivity contribution is 5.51. The Morgan fingerprint density at radius 2 is 2.16 bits per heavy atom. The van der Waals surface area contributed by atoms with Gasteiger partial charge in [-0.1, -0.05) is 12.1 Å². The fourth-order valence-electron chi connectivity index (χ4n) is 1.95. The molecule has 1 heterocycles. The maximum atomic E-state index is 11.0. The third kappa shape index (κ3) is 3.65. The van der Waals surface area contributed by atoms with Crippen LogP contribution in [0.2, 0.25) is 0 Å². The SMILES string of the molecule is Cc1cccc(OCCC2OCCCO2)c1[N+](=O)[O-]. The van der Waals surface area contributed by atoms with E-state index in [0.29, 0.717) is 37.6 Å². The van der Waals surface area contributed by atoms with E-state index in [9.17, 15) is 10.1 Å². The number of benzene rings is 1. The van der Waals surface area contributed by atoms with Crippen LogP contribution in [0.4, 0.5) is 5.69 Å². The highest BCUT2D eigenvalue weighted by Crippen LogP contribution is 2.30. The molecule has 0 spiro atoms. The van der Waals surface area contributed by atoms with Gasteiger partial charge in [0, 0.05) is 12.0 Å². The largest absolute Gasteiger partial charge is 0.487 e. The molecule has 1 fully saturated rings. The Labute approximate surface area is 111 Å². The number of hydrogen-bond donors (Lipinski definition) is 0. The number of nitro groups is 1. The normalized spacial score (nSPS) is 16.3. The molecular weight excluding hydrogens is 250 g/mol. The summed E-state index contributed by atoms with van der Waals surface area (Å²) in [7, 11) is 0. The van der Waals surface area contributed by atoms with Crippen LogP contribution in [-0.2, 0) is 9.47 Å². The average Bonchev–Trinajstić information content (AvgIpc) is 2.39. The van der Waals surface area contributed by atoms with Gasteiger partial charge < -0.3 is 14.2 Å². The van der Waals surface area contributed by atoms with Gasteiger partial charge in [-0.05, 0) is 19.4 Å². The zero-order valence-corrected chi connectivity index (χ0v) is 10.8. The van der Waals surface area contributed by atoms with Crippen LogP contribution in [0, 0.1) is 17.0 Å². The van der Waals surface area contributed by atoms with Gasteiger partial charge in [0.25, 0.3) is 0 Å². The van der Waals surface area contributed by atoms with Crippen LogP contribution in [0.3, 0.4) is 0 Å². The summed E-state index contributed by atoms with van der Waals surface area (Å²) in [4.78, 5) is 10.6. The molecule has 1 aliphatic heterocycles. The third-order valence-corrected chi connectivity index (χ3v) is 2.89. The minimum Gasteiger partial charge on any atom is -0.487 e. The first-order valence-corrected chi connectivity index (χ1v) is 6.28. The van der Waals surface area contributed by atoms with E-state index < -0.39 is 4.92 Å². The monoisotopic (exact) mass is 267 g/mol. The van der Waals surface area contributed by atoms with Crippen LogP contribution in [0.15, 0.2) is 18.2 Å². The van der Waals surface area contributed by atoms with Crippen LogP contribution in [-0.4, -0.2) is 31.0 Å². The fourth-order valence-corrected chi connectivity index (χ4v) is 1.95. The Morgan fingerprint density at radius 1 is 1.42 bits per heavy atom. The molecule has 0 aromatic heterocycles. The second-order valence-electron chi connectivity index (χ2n) is 4.34. The number of aryl methyl sites for hydroxylation is 1. The molecule has 19 heavy (non-hydrogen) atoms. The smallest absolute Gasteiger partial charge is 0.313 e. The first kappa shape index (κ1) is 13.8. The minimum absolute atomic E-state index is 0.0213. The molecule has 0 atom stereocenters. The van der Waals surface area contributed by atoms with Gasteiger partial charge in [0.15, 0.2) is 12.0 Å². The van der Waals surface area contributed by atoms with Crippen molar-refractivity contribution in [1.82, 2.24) is 0 Å². The molecule has 1 aromatic carbocycles. The first-order valence-electron chi connectivity index (χ1n) is 6.28. The molecule has 6 heteroatoms. The molecule has 0 bridgehead atoms. The van der Waals surface area contributed by atoms with E-state index in [0.717, 1.165) is 6.42 Å². The number of nitrogens with zero attached hydrogens (tertiary/aromatic N) is 1. The van der Waals surface area contributed by atoms with E-state index >= 15 is 0 Å². The van der Waals surface area contributed by atoms with Crippen molar-refractivity contribution in [2.45, 2.75) is 26.1 Å². The van der Waals surface area contributed by atoms with Crippen LogP contribution in [0.5, 0.6) is 5.75 Å². The van der Waals surface area contributed by atoms with Crippen molar-refractivity contribution < 1.29 is 19.1 Å². The Balaban J connectivity index is 1.92. The summed E-state index contributed by atoms with van der Waals surface area (Å²) < 4.78 is 16.2. The Morgan fingerprint density at radius 3 is 2.84 bits per heavy atom. The fraction of sp³-hybridized carbons (Fsp3) is 0.538. The van der Waals surface area contributed by atoms with Crippen molar-refractivity contribution in [3.8, 4) is 5.75 Å². The Kier molecular flexibility index (Phi) is 4.70. The quantitative estimate of drug-likeness (QED) is 0.605. The number of ether oxygens (including phenoxy) is 3. The van der Waals surface area contributed by atoms with Crippen molar-refractivity contribution in [2.24, 2.45) is 0 Å². The van der Waals surface area contributed by atoms with Crippen LogP contribution < -0.4 is 4.74 Å². The van der Waals surface area contributed by atoms with E-state index in [2.05, 4.69) is 0 Å². The van der Waals surface area contributed by atoms with E-state index in [1.165, 1.54) is 0 Å². The van der Waals surface area contributed by atoms with Crippen LogP contribution in [0.1, 0.15) is 18.4 Å². The molecular formula is C13H17NO5. The van der Waals surface area contributed by atoms with Crippen molar-refractivity contribution in [3.63, 3.8) is 0 Å². The molecule has 2 rings (SSSR count). The van der Waals surface area contributed by atoms with E-state index in [1.54, 1.807) is 25.1 Å². The standard InChI is InChI=1S/C13H17NO5/c1-10-4-2-5-11(13(10)14(15)16)17-9-6-12-18-7-3-8-19-12/h2,4-5,12H,3,6-9H2,1H3. The van der Waals surface area contributed by atoms with Gasteiger partial charge in [0.05, 0.1) is 24.7 Å². The van der Waals surface area contributed by atoms with Crippen molar-refractivity contribution in [2.75, 3.05) is 19.8 Å². The second kappa shape index (κ2) is 6.49. The summed E-state index contributed by atoms with van der Waals surface area (Å²) in [6.07, 6.45) is 1.20. The number of rotatable bonds is 5. The summed E-state index contributed by atoms with van der Waals surface area (Å²) >= 11 is 0. The molecule has 1 saturated heterocycles. The van der Waals surface area contributed by atoms with Gasteiger partial charge in [-0.3, -0.25) is 10.1 Å². The second-order valence-corrected chi connectivity index (χ2v) is 4.34. The Bertz CT molecular complexity index is 443. The van der Waals surface area contributed by atoms with Gasteiger partial charge in [0.2, 0.25) is 0 Å². The lowest BCUT2D eigenvalue weighted by atomic mass is 10.2. The maximum Gasteiger partial charge on any atom is 0.313 e. The third-order valence-electron chi connectivity index (χ3n) is 2.89. The lowest BCUT2D eigenvalue weighted by Crippen LogP contribution is -2.26. The molecule has 104 valence electrons. The predicted octanol–water partition coefficient (Wildman–Crippen LogP) is 2.44. The minimum atomic E-state index is -0.418. The van der Waals surface area contributed by atoms with Gasteiger partial charge in [-0.25, -0.2) is 0 Å². The number of hydrogen-bond acceptors (Lipinski definition) is 5. The van der Waals surface area contributed by atoms with E-state index in [1.807, 2.05) is 0 Å². The zero-order valence-electron chi connectivity index (χ0n) is 10.8. The molecule has 0 N–H and O–H groups in total. The maximum absolute atomic E-state index is 11.0. The predicted molar refractivity (Wildman–Crippen MR) is 68.3 cm³/mol. The summed E-state index contributed by atoms with van der Waals surface area (Å²) in [6.45, 7) is 3.40. The number of para-hydroxylation sites is 1. The van der Waals surface area contributed by atoms with Gasteiger partial charge >= 0.3 is 5.69 Å². The summed E-state index contributed by atoms with van der Waals surface area (Å²) in [5.74, 6) is 0.292. The van der Waals surface area contributed by atoms with E-state index in [4.69, 9.17) is 14.2 Å². The highest BCUT2D eigenvalue weighted by atomic mass is 16.7. The van der Waals surface area contributed by atoms with E-state index in [-0.39, 0.29) is 12.0 Å². The van der Waals surface area contributed by atoms with Gasteiger partial charge in [-0.2, -0.15) is 0 Å². The highest BCUT2D eigenvalue weighted by Gasteiger charge is 2.19. The lowest BCUT2D eigenvalue weighted by Gasteiger charge is -2.23.